The van der Waals surface area contributed by atoms with E-state index in [1.165, 1.54) is 12.8 Å². The van der Waals surface area contributed by atoms with Crippen LogP contribution in [-0.2, 0) is 10.3 Å². The number of aromatic amines is 1. The van der Waals surface area contributed by atoms with E-state index in [9.17, 15) is 9.59 Å². The van der Waals surface area contributed by atoms with E-state index in [2.05, 4.69) is 32.1 Å². The van der Waals surface area contributed by atoms with Gasteiger partial charge in [-0.25, -0.2) is 0 Å². The van der Waals surface area contributed by atoms with Gasteiger partial charge in [-0.1, -0.05) is 17.7 Å². The van der Waals surface area contributed by atoms with E-state index in [4.69, 9.17) is 11.6 Å². The van der Waals surface area contributed by atoms with Crippen molar-refractivity contribution in [2.24, 2.45) is 0 Å². The number of halogens is 1. The van der Waals surface area contributed by atoms with E-state index in [1.807, 2.05) is 17.0 Å². The summed E-state index contributed by atoms with van der Waals surface area (Å²) in [6.45, 7) is 6.94. The van der Waals surface area contributed by atoms with Crippen molar-refractivity contribution in [3.8, 4) is 0 Å². The maximum absolute atomic E-state index is 13.9. The first-order chi connectivity index (χ1) is 17.3. The molecule has 4 heterocycles. The molecule has 0 aliphatic carbocycles. The zero-order chi connectivity index (χ0) is 25.3. The van der Waals surface area contributed by atoms with Crippen LogP contribution in [0.25, 0.3) is 10.9 Å². The van der Waals surface area contributed by atoms with Crippen LogP contribution in [0.15, 0.2) is 48.7 Å². The number of piperazine rings is 1. The average molecular weight is 509 g/mol. The van der Waals surface area contributed by atoms with Gasteiger partial charge in [-0.15, -0.1) is 0 Å². The Morgan fingerprint density at radius 3 is 2.50 bits per heavy atom. The van der Waals surface area contributed by atoms with Crippen LogP contribution in [0.1, 0.15) is 35.9 Å². The van der Waals surface area contributed by atoms with Gasteiger partial charge in [-0.05, 0) is 76.3 Å². The molecule has 0 bridgehead atoms. The van der Waals surface area contributed by atoms with Gasteiger partial charge in [0.2, 0.25) is 0 Å². The van der Waals surface area contributed by atoms with Crippen molar-refractivity contribution in [3.05, 3.63) is 65.1 Å². The van der Waals surface area contributed by atoms with Crippen LogP contribution in [0.5, 0.6) is 0 Å². The van der Waals surface area contributed by atoms with Gasteiger partial charge >= 0.3 is 0 Å². The number of fused-ring (bicyclic) bond motifs is 1. The Bertz CT molecular complexity index is 1230. The zero-order valence-electron chi connectivity index (χ0n) is 20.8. The second-order valence-electron chi connectivity index (χ2n) is 10.1. The zero-order valence-corrected chi connectivity index (χ0v) is 21.6. The fourth-order valence-electron chi connectivity index (χ4n) is 5.37. The molecule has 2 saturated heterocycles. The van der Waals surface area contributed by atoms with Crippen LogP contribution in [0, 0.1) is 0 Å². The number of aromatic nitrogens is 2. The van der Waals surface area contributed by atoms with Crippen LogP contribution < -0.4 is 5.32 Å². The summed E-state index contributed by atoms with van der Waals surface area (Å²) in [4.78, 5) is 41.7. The number of nitrogens with one attached hydrogen (secondary N) is 2. The van der Waals surface area contributed by atoms with Crippen LogP contribution >= 0.6 is 11.6 Å². The molecule has 2 aromatic heterocycles. The van der Waals surface area contributed by atoms with E-state index < -0.39 is 5.54 Å². The maximum atomic E-state index is 13.9. The first-order valence-electron chi connectivity index (χ1n) is 12.6. The molecule has 5 rings (SSSR count). The number of H-pyrrole nitrogens is 1. The molecule has 2 N–H and O–H groups in total. The highest BCUT2D eigenvalue weighted by atomic mass is 35.5. The molecular formula is C27H33ClN6O2. The lowest BCUT2D eigenvalue weighted by atomic mass is 9.93. The van der Waals surface area contributed by atoms with Gasteiger partial charge in [0.05, 0.1) is 5.69 Å². The van der Waals surface area contributed by atoms with Crippen LogP contribution in [0.2, 0.25) is 5.02 Å². The number of pyridine rings is 1. The molecule has 2 amide bonds. The van der Waals surface area contributed by atoms with Crippen molar-refractivity contribution < 1.29 is 9.59 Å². The summed E-state index contributed by atoms with van der Waals surface area (Å²) in [6.07, 6.45) is 3.99. The Labute approximate surface area is 216 Å². The van der Waals surface area contributed by atoms with E-state index in [-0.39, 0.29) is 11.8 Å². The third-order valence-electron chi connectivity index (χ3n) is 7.60. The Hall–Kier alpha value is -2.94. The number of rotatable bonds is 5. The monoisotopic (exact) mass is 508 g/mol. The summed E-state index contributed by atoms with van der Waals surface area (Å²) in [5, 5.41) is 4.44. The van der Waals surface area contributed by atoms with Gasteiger partial charge in [0.15, 0.2) is 5.54 Å². The number of carbonyl (C=O) groups excluding carboxylic acids is 2. The second-order valence-corrected chi connectivity index (χ2v) is 10.5. The Kier molecular flexibility index (Phi) is 7.01. The van der Waals surface area contributed by atoms with Crippen molar-refractivity contribution in [2.75, 3.05) is 46.3 Å². The third-order valence-corrected chi connectivity index (χ3v) is 7.84. The van der Waals surface area contributed by atoms with Crippen molar-refractivity contribution in [2.45, 2.75) is 31.3 Å². The minimum Gasteiger partial charge on any atom is -0.351 e. The highest BCUT2D eigenvalue weighted by Gasteiger charge is 2.42. The molecule has 0 saturated carbocycles. The lowest BCUT2D eigenvalue weighted by Gasteiger charge is -2.44. The van der Waals surface area contributed by atoms with Crippen molar-refractivity contribution in [3.63, 3.8) is 0 Å². The molecule has 2 fully saturated rings. The van der Waals surface area contributed by atoms with Gasteiger partial charge in [0.25, 0.3) is 11.8 Å². The third kappa shape index (κ3) is 4.98. The minimum atomic E-state index is -1.30. The van der Waals surface area contributed by atoms with E-state index in [1.54, 1.807) is 43.5 Å². The smallest absolute Gasteiger partial charge is 0.268 e. The molecule has 0 unspecified atom stereocenters. The van der Waals surface area contributed by atoms with Crippen LogP contribution in [0.4, 0.5) is 0 Å². The molecule has 0 spiro atoms. The largest absolute Gasteiger partial charge is 0.351 e. The lowest BCUT2D eigenvalue weighted by molar-refractivity contribution is -0.140. The number of nitrogens with zero attached hydrogens (tertiary/aromatic N) is 4. The van der Waals surface area contributed by atoms with E-state index >= 15 is 0 Å². The summed E-state index contributed by atoms with van der Waals surface area (Å²) < 4.78 is 0. The van der Waals surface area contributed by atoms with Crippen molar-refractivity contribution in [1.29, 1.82) is 0 Å². The molecule has 1 atom stereocenters. The fraction of sp³-hybridized carbons (Fsp3) is 0.444. The number of amides is 2. The number of carbonyl (C=O) groups is 2. The Balaban J connectivity index is 1.33. The number of likely N-dealkylation sites (tertiary alicyclic amines) is 1. The quantitative estimate of drug-likeness (QED) is 0.553. The van der Waals surface area contributed by atoms with Gasteiger partial charge in [0, 0.05) is 54.3 Å². The van der Waals surface area contributed by atoms with Gasteiger partial charge < -0.3 is 20.1 Å². The highest BCUT2D eigenvalue weighted by molar-refractivity contribution is 6.31. The molecular weight excluding hydrogens is 476 g/mol. The lowest BCUT2D eigenvalue weighted by Crippen LogP contribution is -2.61. The SMILES string of the molecule is CN1CCC(N2CCN(C(=O)[C@](C)(NC(=O)c3cc4cc(Cl)ccc4[nH]3)c3ccccn3)CC2)CC1. The minimum absolute atomic E-state index is 0.142. The highest BCUT2D eigenvalue weighted by Crippen LogP contribution is 2.26. The summed E-state index contributed by atoms with van der Waals surface area (Å²) >= 11 is 6.11. The molecule has 190 valence electrons. The van der Waals surface area contributed by atoms with Crippen molar-refractivity contribution >= 4 is 34.3 Å². The normalized spacial score (nSPS) is 19.8. The standard InChI is InChI=1S/C27H33ClN6O2/c1-27(24-5-3-4-10-29-24,31-25(35)23-18-19-17-20(28)6-7-22(19)30-23)26(36)34-15-13-33(14-16-34)21-8-11-32(2)12-9-21/h3-7,10,17-18,21,30H,8-9,11-16H2,1-2H3,(H,31,35)/t27-/m1/s1. The number of benzene rings is 1. The summed E-state index contributed by atoms with van der Waals surface area (Å²) in [5.74, 6) is -0.509. The van der Waals surface area contributed by atoms with Gasteiger partial charge in [-0.3, -0.25) is 19.5 Å². The maximum Gasteiger partial charge on any atom is 0.268 e. The Morgan fingerprint density at radius 2 is 1.81 bits per heavy atom. The second kappa shape index (κ2) is 10.2. The fourth-order valence-corrected chi connectivity index (χ4v) is 5.55. The first-order valence-corrected chi connectivity index (χ1v) is 13.0. The van der Waals surface area contributed by atoms with Gasteiger partial charge in [0.1, 0.15) is 5.69 Å². The number of hydrogen-bond acceptors (Lipinski definition) is 5. The molecule has 2 aliphatic heterocycles. The summed E-state index contributed by atoms with van der Waals surface area (Å²) in [5.41, 5.74) is 0.387. The molecule has 0 radical (unpaired) electrons. The van der Waals surface area contributed by atoms with Crippen LogP contribution in [0.3, 0.4) is 0 Å². The number of hydrogen-bond donors (Lipinski definition) is 2. The topological polar surface area (TPSA) is 84.6 Å². The van der Waals surface area contributed by atoms with E-state index in [0.717, 1.165) is 37.1 Å². The molecule has 8 nitrogen and oxygen atoms in total. The molecule has 1 aromatic carbocycles. The summed E-state index contributed by atoms with van der Waals surface area (Å²) in [7, 11) is 2.17. The summed E-state index contributed by atoms with van der Waals surface area (Å²) in [6, 6.07) is 13.2. The molecule has 36 heavy (non-hydrogen) atoms. The predicted molar refractivity (Wildman–Crippen MR) is 141 cm³/mol. The molecule has 2 aliphatic rings. The Morgan fingerprint density at radius 1 is 1.06 bits per heavy atom. The molecule has 9 heteroatoms. The average Bonchev–Trinajstić information content (AvgIpc) is 3.33. The van der Waals surface area contributed by atoms with E-state index in [0.29, 0.717) is 35.5 Å². The predicted octanol–water partition coefficient (Wildman–Crippen LogP) is 3.10. The van der Waals surface area contributed by atoms with Gasteiger partial charge in [-0.2, -0.15) is 0 Å². The molecule has 3 aromatic rings. The van der Waals surface area contributed by atoms with Crippen molar-refractivity contribution in [1.82, 2.24) is 30.0 Å². The first kappa shape index (κ1) is 24.7. The van der Waals surface area contributed by atoms with Crippen LogP contribution in [-0.4, -0.2) is 88.8 Å². The number of piperidine rings is 1.